The second-order valence-electron chi connectivity index (χ2n) is 4.52. The van der Waals surface area contributed by atoms with Crippen molar-refractivity contribution in [3.05, 3.63) is 78.2 Å². The third-order valence-electron chi connectivity index (χ3n) is 2.95. The molecule has 2 heterocycles. The maximum Gasteiger partial charge on any atom is 0.125 e. The highest BCUT2D eigenvalue weighted by Gasteiger charge is 2.01. The van der Waals surface area contributed by atoms with Crippen molar-refractivity contribution >= 4 is 5.82 Å². The molecule has 3 nitrogen and oxygen atoms in total. The van der Waals surface area contributed by atoms with Crippen molar-refractivity contribution < 1.29 is 0 Å². The number of nitrogen functional groups attached to an aromatic ring is 1. The Labute approximate surface area is 123 Å². The van der Waals surface area contributed by atoms with Crippen molar-refractivity contribution in [2.45, 2.75) is 0 Å². The van der Waals surface area contributed by atoms with Gasteiger partial charge in [-0.05, 0) is 41.8 Å². The Kier molecular flexibility index (Phi) is 3.62. The topological polar surface area (TPSA) is 51.8 Å². The van der Waals surface area contributed by atoms with E-state index in [1.54, 1.807) is 12.4 Å². The lowest BCUT2D eigenvalue weighted by molar-refractivity contribution is 1.28. The highest BCUT2D eigenvalue weighted by atomic mass is 14.8. The third kappa shape index (κ3) is 3.26. The van der Waals surface area contributed by atoms with Crippen LogP contribution < -0.4 is 5.73 Å². The largest absolute Gasteiger partial charge is 0.384 e. The minimum Gasteiger partial charge on any atom is -0.384 e. The van der Waals surface area contributed by atoms with Crippen LogP contribution in [0.15, 0.2) is 67.0 Å². The minimum atomic E-state index is 0.453. The van der Waals surface area contributed by atoms with Crippen LogP contribution in [0.25, 0.3) is 11.1 Å². The van der Waals surface area contributed by atoms with Gasteiger partial charge in [-0.25, -0.2) is 4.98 Å². The number of rotatable bonds is 1. The molecule has 0 atom stereocenters. The number of benzene rings is 1. The zero-order valence-electron chi connectivity index (χ0n) is 11.3. The van der Waals surface area contributed by atoms with Gasteiger partial charge in [-0.3, -0.25) is 4.98 Å². The maximum atomic E-state index is 5.87. The molecule has 0 saturated heterocycles. The Morgan fingerprint density at radius 1 is 0.857 bits per heavy atom. The molecule has 3 aromatic rings. The lowest BCUT2D eigenvalue weighted by atomic mass is 10.1. The molecule has 2 N–H and O–H groups in total. The van der Waals surface area contributed by atoms with Crippen LogP contribution in [0, 0.1) is 11.8 Å². The molecule has 0 aliphatic rings. The molecule has 21 heavy (non-hydrogen) atoms. The first-order valence-corrected chi connectivity index (χ1v) is 6.56. The molecule has 0 unspecified atom stereocenters. The lowest BCUT2D eigenvalue weighted by Crippen LogP contribution is -1.94. The summed E-state index contributed by atoms with van der Waals surface area (Å²) in [6, 6.07) is 17.4. The summed E-state index contributed by atoms with van der Waals surface area (Å²) in [6.45, 7) is 0. The average molecular weight is 271 g/mol. The summed E-state index contributed by atoms with van der Waals surface area (Å²) >= 11 is 0. The van der Waals surface area contributed by atoms with E-state index >= 15 is 0 Å². The summed E-state index contributed by atoms with van der Waals surface area (Å²) in [6.07, 6.45) is 3.54. The van der Waals surface area contributed by atoms with Crippen molar-refractivity contribution in [2.24, 2.45) is 0 Å². The molecular weight excluding hydrogens is 258 g/mol. The first-order valence-electron chi connectivity index (χ1n) is 6.56. The molecule has 0 aliphatic carbocycles. The van der Waals surface area contributed by atoms with E-state index in [1.165, 1.54) is 0 Å². The van der Waals surface area contributed by atoms with Crippen molar-refractivity contribution in [3.63, 3.8) is 0 Å². The van der Waals surface area contributed by atoms with E-state index in [1.807, 2.05) is 54.6 Å². The molecule has 0 fully saturated rings. The van der Waals surface area contributed by atoms with E-state index < -0.39 is 0 Å². The fraction of sp³-hybridized carbons (Fsp3) is 0. The molecule has 0 bridgehead atoms. The Bertz CT molecular complexity index is 800. The van der Waals surface area contributed by atoms with Crippen LogP contribution in [0.2, 0.25) is 0 Å². The van der Waals surface area contributed by atoms with Crippen LogP contribution in [-0.4, -0.2) is 9.97 Å². The lowest BCUT2D eigenvalue weighted by Gasteiger charge is -2.03. The zero-order chi connectivity index (χ0) is 14.5. The molecule has 0 aliphatic heterocycles. The second-order valence-corrected chi connectivity index (χ2v) is 4.52. The van der Waals surface area contributed by atoms with Crippen molar-refractivity contribution in [2.75, 3.05) is 5.73 Å². The van der Waals surface area contributed by atoms with E-state index in [-0.39, 0.29) is 0 Å². The number of hydrogen-bond donors (Lipinski definition) is 1. The number of anilines is 1. The molecule has 2 aromatic heterocycles. The van der Waals surface area contributed by atoms with Gasteiger partial charge in [0.25, 0.3) is 0 Å². The summed E-state index contributed by atoms with van der Waals surface area (Å²) in [5.41, 5.74) is 9.43. The Morgan fingerprint density at radius 3 is 2.48 bits per heavy atom. The zero-order valence-corrected chi connectivity index (χ0v) is 11.3. The van der Waals surface area contributed by atoms with Gasteiger partial charge < -0.3 is 5.73 Å². The normalized spacial score (nSPS) is 9.71. The monoisotopic (exact) mass is 271 g/mol. The van der Waals surface area contributed by atoms with Crippen LogP contribution in [0.5, 0.6) is 0 Å². The molecule has 100 valence electrons. The fourth-order valence-corrected chi connectivity index (χ4v) is 1.97. The molecular formula is C18H13N3. The van der Waals surface area contributed by atoms with Gasteiger partial charge in [-0.1, -0.05) is 30.2 Å². The Morgan fingerprint density at radius 2 is 1.71 bits per heavy atom. The standard InChI is InChI=1S/C18H13N3/c19-18-12-16(15-7-4-10-20-13-15)11-17(21-18)9-8-14-5-2-1-3-6-14/h1-7,10-13H,(H2,19,21). The number of nitrogens with two attached hydrogens (primary N) is 1. The smallest absolute Gasteiger partial charge is 0.125 e. The van der Waals surface area contributed by atoms with E-state index in [0.717, 1.165) is 16.7 Å². The van der Waals surface area contributed by atoms with Gasteiger partial charge in [0, 0.05) is 23.5 Å². The van der Waals surface area contributed by atoms with Crippen molar-refractivity contribution in [3.8, 4) is 23.0 Å². The van der Waals surface area contributed by atoms with E-state index in [2.05, 4.69) is 21.8 Å². The average Bonchev–Trinajstić information content (AvgIpc) is 2.54. The second kappa shape index (κ2) is 5.89. The highest BCUT2D eigenvalue weighted by molar-refractivity contribution is 5.66. The number of nitrogens with zero attached hydrogens (tertiary/aromatic N) is 2. The number of hydrogen-bond acceptors (Lipinski definition) is 3. The third-order valence-corrected chi connectivity index (χ3v) is 2.95. The van der Waals surface area contributed by atoms with E-state index in [0.29, 0.717) is 11.5 Å². The molecule has 0 radical (unpaired) electrons. The Balaban J connectivity index is 1.98. The predicted molar refractivity (Wildman–Crippen MR) is 84.3 cm³/mol. The number of pyridine rings is 2. The summed E-state index contributed by atoms with van der Waals surface area (Å²) in [5, 5.41) is 0. The van der Waals surface area contributed by atoms with Crippen LogP contribution in [0.1, 0.15) is 11.3 Å². The van der Waals surface area contributed by atoms with Gasteiger partial charge in [0.15, 0.2) is 0 Å². The SMILES string of the molecule is Nc1cc(-c2cccnc2)cc(C#Cc2ccccc2)n1. The predicted octanol–water partition coefficient (Wildman–Crippen LogP) is 3.13. The summed E-state index contributed by atoms with van der Waals surface area (Å²) < 4.78 is 0. The van der Waals surface area contributed by atoms with Gasteiger partial charge in [-0.15, -0.1) is 0 Å². The first-order chi connectivity index (χ1) is 10.3. The van der Waals surface area contributed by atoms with Crippen LogP contribution in [-0.2, 0) is 0 Å². The molecule has 1 aromatic carbocycles. The van der Waals surface area contributed by atoms with Gasteiger partial charge in [-0.2, -0.15) is 0 Å². The van der Waals surface area contributed by atoms with Crippen molar-refractivity contribution in [1.82, 2.24) is 9.97 Å². The molecule has 0 amide bonds. The Hall–Kier alpha value is -3.12. The summed E-state index contributed by atoms with van der Waals surface area (Å²) in [7, 11) is 0. The van der Waals surface area contributed by atoms with Gasteiger partial charge in [0.05, 0.1) is 0 Å². The van der Waals surface area contributed by atoms with Gasteiger partial charge >= 0.3 is 0 Å². The minimum absolute atomic E-state index is 0.453. The molecule has 0 saturated carbocycles. The molecule has 0 spiro atoms. The van der Waals surface area contributed by atoms with Gasteiger partial charge in [0.1, 0.15) is 11.5 Å². The number of aromatic nitrogens is 2. The fourth-order valence-electron chi connectivity index (χ4n) is 1.97. The first kappa shape index (κ1) is 12.9. The molecule has 3 heteroatoms. The van der Waals surface area contributed by atoms with Gasteiger partial charge in [0.2, 0.25) is 0 Å². The maximum absolute atomic E-state index is 5.87. The highest BCUT2D eigenvalue weighted by Crippen LogP contribution is 2.20. The van der Waals surface area contributed by atoms with Crippen LogP contribution in [0.3, 0.4) is 0 Å². The van der Waals surface area contributed by atoms with Crippen molar-refractivity contribution in [1.29, 1.82) is 0 Å². The quantitative estimate of drug-likeness (QED) is 0.692. The summed E-state index contributed by atoms with van der Waals surface area (Å²) in [5.74, 6) is 6.59. The summed E-state index contributed by atoms with van der Waals surface area (Å²) in [4.78, 5) is 8.37. The van der Waals surface area contributed by atoms with Crippen LogP contribution >= 0.6 is 0 Å². The van der Waals surface area contributed by atoms with E-state index in [9.17, 15) is 0 Å². The molecule has 3 rings (SSSR count). The van der Waals surface area contributed by atoms with E-state index in [4.69, 9.17) is 5.73 Å². The van der Waals surface area contributed by atoms with Crippen LogP contribution in [0.4, 0.5) is 5.82 Å².